The quantitative estimate of drug-likeness (QED) is 0.718. The Balaban J connectivity index is 1.81. The average molecular weight is 327 g/mol. The van der Waals surface area contributed by atoms with Gasteiger partial charge in [-0.3, -0.25) is 0 Å². The van der Waals surface area contributed by atoms with Crippen LogP contribution in [0.3, 0.4) is 0 Å². The summed E-state index contributed by atoms with van der Waals surface area (Å²) in [4.78, 5) is 10.1. The van der Waals surface area contributed by atoms with E-state index in [9.17, 15) is 5.26 Å². The van der Waals surface area contributed by atoms with Crippen molar-refractivity contribution in [3.05, 3.63) is 53.9 Å². The van der Waals surface area contributed by atoms with Crippen LogP contribution in [0.4, 0.5) is 0 Å². The third-order valence-electron chi connectivity index (χ3n) is 4.78. The summed E-state index contributed by atoms with van der Waals surface area (Å²) in [5.41, 5.74) is 4.45. The summed E-state index contributed by atoms with van der Waals surface area (Å²) in [6.45, 7) is 0.787. The number of likely N-dealkylation sites (tertiary alicyclic amines) is 1. The third kappa shape index (κ3) is 2.70. The number of nitrogens with zero attached hydrogens (tertiary/aromatic N) is 4. The van der Waals surface area contributed by atoms with E-state index in [2.05, 4.69) is 17.2 Å². The van der Waals surface area contributed by atoms with Gasteiger partial charge in [-0.2, -0.15) is 10.5 Å². The number of imidazole rings is 1. The van der Waals surface area contributed by atoms with E-state index in [-0.39, 0.29) is 6.04 Å². The van der Waals surface area contributed by atoms with Gasteiger partial charge >= 0.3 is 0 Å². The highest BCUT2D eigenvalue weighted by Crippen LogP contribution is 2.33. The Morgan fingerprint density at radius 1 is 1.12 bits per heavy atom. The van der Waals surface area contributed by atoms with Crippen molar-refractivity contribution in [3.8, 4) is 23.4 Å². The number of nitriles is 2. The van der Waals surface area contributed by atoms with Crippen LogP contribution in [0.15, 0.2) is 42.5 Å². The summed E-state index contributed by atoms with van der Waals surface area (Å²) in [6.07, 6.45) is 5.39. The molecule has 1 saturated heterocycles. The molecule has 25 heavy (non-hydrogen) atoms. The van der Waals surface area contributed by atoms with E-state index >= 15 is 0 Å². The number of fused-ring (bicyclic) bond motifs is 1. The number of aromatic amines is 1. The second kappa shape index (κ2) is 6.30. The third-order valence-corrected chi connectivity index (χ3v) is 4.78. The number of piperidine rings is 1. The minimum atomic E-state index is 0.0180. The first-order valence-electron chi connectivity index (χ1n) is 8.45. The maximum absolute atomic E-state index is 9.39. The van der Waals surface area contributed by atoms with Gasteiger partial charge in [-0.05, 0) is 43.0 Å². The minimum absolute atomic E-state index is 0.0180. The molecule has 0 bridgehead atoms. The van der Waals surface area contributed by atoms with Gasteiger partial charge in [-0.1, -0.05) is 24.3 Å². The largest absolute Gasteiger partial charge is 0.340 e. The SMILES string of the molecule is N#Cc1cccc(-c2cccc3[nH]c(C4CCCCN4C#N)nc23)c1. The van der Waals surface area contributed by atoms with Crippen LogP contribution in [0.5, 0.6) is 0 Å². The summed E-state index contributed by atoms with van der Waals surface area (Å²) in [5, 5.41) is 18.5. The Morgan fingerprint density at radius 2 is 2.00 bits per heavy atom. The van der Waals surface area contributed by atoms with Gasteiger partial charge < -0.3 is 9.88 Å². The maximum atomic E-state index is 9.39. The molecule has 4 rings (SSSR count). The molecular formula is C20H17N5. The van der Waals surface area contributed by atoms with E-state index < -0.39 is 0 Å². The van der Waals surface area contributed by atoms with Crippen LogP contribution < -0.4 is 0 Å². The summed E-state index contributed by atoms with van der Waals surface area (Å²) < 4.78 is 0. The molecule has 1 N–H and O–H groups in total. The highest BCUT2D eigenvalue weighted by atomic mass is 15.2. The number of nitrogens with one attached hydrogen (secondary N) is 1. The van der Waals surface area contributed by atoms with E-state index in [1.807, 2.05) is 41.3 Å². The molecule has 1 fully saturated rings. The van der Waals surface area contributed by atoms with Gasteiger partial charge in [-0.15, -0.1) is 0 Å². The summed E-state index contributed by atoms with van der Waals surface area (Å²) in [7, 11) is 0. The van der Waals surface area contributed by atoms with Crippen molar-refractivity contribution in [1.29, 1.82) is 10.5 Å². The van der Waals surface area contributed by atoms with Crippen molar-refractivity contribution in [3.63, 3.8) is 0 Å². The Morgan fingerprint density at radius 3 is 2.84 bits per heavy atom. The molecular weight excluding hydrogens is 310 g/mol. The van der Waals surface area contributed by atoms with Gasteiger partial charge in [0.1, 0.15) is 5.82 Å². The van der Waals surface area contributed by atoms with Crippen LogP contribution in [0.25, 0.3) is 22.2 Å². The van der Waals surface area contributed by atoms with Crippen LogP contribution >= 0.6 is 0 Å². The summed E-state index contributed by atoms with van der Waals surface area (Å²) >= 11 is 0. The van der Waals surface area contributed by atoms with Gasteiger partial charge in [0, 0.05) is 12.1 Å². The lowest BCUT2D eigenvalue weighted by Gasteiger charge is -2.29. The van der Waals surface area contributed by atoms with E-state index in [0.717, 1.165) is 53.8 Å². The van der Waals surface area contributed by atoms with Gasteiger partial charge in [0.25, 0.3) is 0 Å². The molecule has 5 heteroatoms. The molecule has 1 aromatic heterocycles. The molecule has 0 saturated carbocycles. The van der Waals surface area contributed by atoms with Crippen LogP contribution in [-0.4, -0.2) is 21.4 Å². The van der Waals surface area contributed by atoms with Crippen LogP contribution in [0, 0.1) is 22.8 Å². The smallest absolute Gasteiger partial charge is 0.180 e. The second-order valence-electron chi connectivity index (χ2n) is 6.32. The van der Waals surface area contributed by atoms with Crippen molar-refractivity contribution in [2.75, 3.05) is 6.54 Å². The van der Waals surface area contributed by atoms with Gasteiger partial charge in [-0.25, -0.2) is 4.98 Å². The monoisotopic (exact) mass is 327 g/mol. The second-order valence-corrected chi connectivity index (χ2v) is 6.32. The molecule has 0 radical (unpaired) electrons. The van der Waals surface area contributed by atoms with Crippen molar-refractivity contribution in [2.45, 2.75) is 25.3 Å². The first-order chi connectivity index (χ1) is 12.3. The topological polar surface area (TPSA) is 79.5 Å². The molecule has 0 spiro atoms. The molecule has 1 atom stereocenters. The number of benzene rings is 2. The van der Waals surface area contributed by atoms with Gasteiger partial charge in [0.05, 0.1) is 28.7 Å². The molecule has 0 amide bonds. The van der Waals surface area contributed by atoms with Crippen LogP contribution in [0.2, 0.25) is 0 Å². The van der Waals surface area contributed by atoms with Crippen LogP contribution in [0.1, 0.15) is 36.7 Å². The normalized spacial score (nSPS) is 17.2. The molecule has 0 aliphatic carbocycles. The molecule has 2 heterocycles. The zero-order valence-electron chi connectivity index (χ0n) is 13.7. The number of hydrogen-bond acceptors (Lipinski definition) is 4. The first-order valence-corrected chi connectivity index (χ1v) is 8.45. The predicted octanol–water partition coefficient (Wildman–Crippen LogP) is 4.11. The van der Waals surface area contributed by atoms with E-state index in [0.29, 0.717) is 5.56 Å². The Labute approximate surface area is 146 Å². The highest BCUT2D eigenvalue weighted by molar-refractivity contribution is 5.92. The number of H-pyrrole nitrogens is 1. The fourth-order valence-electron chi connectivity index (χ4n) is 3.53. The summed E-state index contributed by atoms with van der Waals surface area (Å²) in [6, 6.07) is 15.8. The van der Waals surface area contributed by atoms with Gasteiger partial charge in [0.2, 0.25) is 0 Å². The molecule has 1 unspecified atom stereocenters. The molecule has 5 nitrogen and oxygen atoms in total. The van der Waals surface area contributed by atoms with Crippen molar-refractivity contribution >= 4 is 11.0 Å². The molecule has 1 aliphatic rings. The number of aromatic nitrogens is 2. The van der Waals surface area contributed by atoms with Crippen molar-refractivity contribution < 1.29 is 0 Å². The van der Waals surface area contributed by atoms with E-state index in [4.69, 9.17) is 10.2 Å². The Kier molecular flexibility index (Phi) is 3.84. The van der Waals surface area contributed by atoms with E-state index in [1.165, 1.54) is 0 Å². The lowest BCUT2D eigenvalue weighted by molar-refractivity contribution is 0.219. The molecule has 122 valence electrons. The lowest BCUT2D eigenvalue weighted by atomic mass is 10.0. The van der Waals surface area contributed by atoms with Gasteiger partial charge in [0.15, 0.2) is 6.19 Å². The standard InChI is InChI=1S/C20H17N5/c21-12-14-5-3-6-15(11-14)16-7-4-8-17-19(16)24-20(23-17)18-9-1-2-10-25(18)13-22/h3-8,11,18H,1-2,9-10H2,(H,23,24). The molecule has 1 aliphatic heterocycles. The number of para-hydroxylation sites is 1. The zero-order chi connectivity index (χ0) is 17.2. The summed E-state index contributed by atoms with van der Waals surface area (Å²) in [5.74, 6) is 0.847. The predicted molar refractivity (Wildman–Crippen MR) is 95.2 cm³/mol. The minimum Gasteiger partial charge on any atom is -0.340 e. The first kappa shape index (κ1) is 15.2. The van der Waals surface area contributed by atoms with Crippen molar-refractivity contribution in [2.24, 2.45) is 0 Å². The Hall–Kier alpha value is -3.31. The number of rotatable bonds is 2. The van der Waals surface area contributed by atoms with Crippen molar-refractivity contribution in [1.82, 2.24) is 14.9 Å². The Bertz CT molecular complexity index is 1000. The molecule has 2 aromatic carbocycles. The highest BCUT2D eigenvalue weighted by Gasteiger charge is 2.26. The van der Waals surface area contributed by atoms with Crippen LogP contribution in [-0.2, 0) is 0 Å². The maximum Gasteiger partial charge on any atom is 0.180 e. The fraction of sp³-hybridized carbons (Fsp3) is 0.250. The zero-order valence-corrected chi connectivity index (χ0v) is 13.7. The lowest BCUT2D eigenvalue weighted by Crippen LogP contribution is -2.29. The van der Waals surface area contributed by atoms with E-state index in [1.54, 1.807) is 6.07 Å². The average Bonchev–Trinajstić information content (AvgIpc) is 3.12. The fourth-order valence-corrected chi connectivity index (χ4v) is 3.53. The number of hydrogen-bond donors (Lipinski definition) is 1. The molecule has 3 aromatic rings.